The second-order valence-electron chi connectivity index (χ2n) is 9.40. The predicted octanol–water partition coefficient (Wildman–Crippen LogP) is 0.581. The van der Waals surface area contributed by atoms with Crippen molar-refractivity contribution in [3.63, 3.8) is 0 Å². The van der Waals surface area contributed by atoms with Gasteiger partial charge in [0.1, 0.15) is 6.04 Å². The molecular formula is C20H36N4O5. The fraction of sp³-hybridized carbons (Fsp3) is 0.800. The average molecular weight is 413 g/mol. The fourth-order valence-electron chi connectivity index (χ4n) is 2.72. The fourth-order valence-corrected chi connectivity index (χ4v) is 2.72. The topological polar surface area (TPSA) is 126 Å². The number of nitrogens with one attached hydrogen (secondary N) is 4. The molecule has 1 aliphatic heterocycles. The van der Waals surface area contributed by atoms with Gasteiger partial charge in [-0.05, 0) is 17.3 Å². The van der Waals surface area contributed by atoms with E-state index in [1.807, 2.05) is 48.5 Å². The summed E-state index contributed by atoms with van der Waals surface area (Å²) in [4.78, 5) is 47.8. The van der Waals surface area contributed by atoms with Crippen molar-refractivity contribution >= 4 is 23.7 Å². The van der Waals surface area contributed by atoms with Crippen molar-refractivity contribution in [2.45, 2.75) is 66.6 Å². The van der Waals surface area contributed by atoms with E-state index < -0.39 is 29.9 Å². The van der Waals surface area contributed by atoms with Gasteiger partial charge in [0.25, 0.3) is 5.91 Å². The number of ketones is 1. The molecule has 3 atom stereocenters. The Morgan fingerprint density at radius 2 is 1.76 bits per heavy atom. The molecule has 29 heavy (non-hydrogen) atoms. The van der Waals surface area contributed by atoms with Gasteiger partial charge in [-0.2, -0.15) is 0 Å². The van der Waals surface area contributed by atoms with E-state index in [1.165, 1.54) is 0 Å². The average Bonchev–Trinajstić information content (AvgIpc) is 2.90. The lowest BCUT2D eigenvalue weighted by atomic mass is 9.99. The van der Waals surface area contributed by atoms with Crippen LogP contribution in [0.3, 0.4) is 0 Å². The number of amides is 3. The van der Waals surface area contributed by atoms with Crippen molar-refractivity contribution in [1.29, 1.82) is 0 Å². The van der Waals surface area contributed by atoms with Crippen molar-refractivity contribution < 1.29 is 23.9 Å². The van der Waals surface area contributed by atoms with Crippen LogP contribution in [0.2, 0.25) is 0 Å². The third kappa shape index (κ3) is 8.39. The zero-order valence-corrected chi connectivity index (χ0v) is 18.5. The maximum absolute atomic E-state index is 12.6. The van der Waals surface area contributed by atoms with Gasteiger partial charge >= 0.3 is 6.09 Å². The minimum Gasteiger partial charge on any atom is -0.449 e. The normalized spacial score (nSPS) is 19.1. The largest absolute Gasteiger partial charge is 0.449 e. The van der Waals surface area contributed by atoms with Crippen LogP contribution in [0.25, 0.3) is 0 Å². The van der Waals surface area contributed by atoms with Crippen molar-refractivity contribution in [1.82, 2.24) is 21.3 Å². The Labute approximate surface area is 173 Å². The van der Waals surface area contributed by atoms with Gasteiger partial charge in [0.15, 0.2) is 0 Å². The molecule has 0 aromatic heterocycles. The first-order valence-corrected chi connectivity index (χ1v) is 10.1. The molecule has 0 radical (unpaired) electrons. The summed E-state index contributed by atoms with van der Waals surface area (Å²) in [5.41, 5.74) is -0.127. The van der Waals surface area contributed by atoms with Gasteiger partial charge < -0.3 is 26.0 Å². The van der Waals surface area contributed by atoms with E-state index in [0.717, 1.165) is 0 Å². The monoisotopic (exact) mass is 412 g/mol. The predicted molar refractivity (Wildman–Crippen MR) is 109 cm³/mol. The zero-order chi connectivity index (χ0) is 22.4. The van der Waals surface area contributed by atoms with E-state index in [4.69, 9.17) is 4.74 Å². The molecule has 1 fully saturated rings. The summed E-state index contributed by atoms with van der Waals surface area (Å²) in [5.74, 6) is -1.62. The molecule has 0 bridgehead atoms. The second kappa shape index (κ2) is 10.6. The number of hydrogen-bond acceptors (Lipinski definition) is 6. The zero-order valence-electron chi connectivity index (χ0n) is 18.5. The van der Waals surface area contributed by atoms with E-state index in [-0.39, 0.29) is 35.7 Å². The van der Waals surface area contributed by atoms with Crippen molar-refractivity contribution in [2.75, 3.05) is 19.7 Å². The number of alkyl carbamates (subject to hydrolysis) is 1. The Hall–Kier alpha value is -2.16. The van der Waals surface area contributed by atoms with Crippen molar-refractivity contribution in [2.24, 2.45) is 17.3 Å². The first kappa shape index (κ1) is 24.9. The van der Waals surface area contributed by atoms with Crippen LogP contribution in [0.4, 0.5) is 4.79 Å². The third-order valence-corrected chi connectivity index (χ3v) is 4.57. The molecule has 0 aliphatic carbocycles. The van der Waals surface area contributed by atoms with Gasteiger partial charge in [0.05, 0.1) is 12.6 Å². The molecule has 1 rings (SSSR count). The first-order chi connectivity index (χ1) is 13.3. The Kier molecular flexibility index (Phi) is 9.07. The highest BCUT2D eigenvalue weighted by molar-refractivity contribution is 6.40. The van der Waals surface area contributed by atoms with Gasteiger partial charge in [-0.1, -0.05) is 48.5 Å². The molecule has 1 aliphatic rings. The minimum atomic E-state index is -0.843. The van der Waals surface area contributed by atoms with E-state index in [1.54, 1.807) is 0 Å². The van der Waals surface area contributed by atoms with Crippen LogP contribution >= 0.6 is 0 Å². The Morgan fingerprint density at radius 3 is 2.21 bits per heavy atom. The molecule has 3 unspecified atom stereocenters. The summed E-state index contributed by atoms with van der Waals surface area (Å²) in [6, 6.07) is -1.66. The van der Waals surface area contributed by atoms with Crippen molar-refractivity contribution in [3.8, 4) is 0 Å². The first-order valence-electron chi connectivity index (χ1n) is 10.1. The van der Waals surface area contributed by atoms with Gasteiger partial charge in [-0.3, -0.25) is 14.4 Å². The molecule has 0 saturated carbocycles. The van der Waals surface area contributed by atoms with Gasteiger partial charge in [-0.25, -0.2) is 4.79 Å². The Bertz CT molecular complexity index is 612. The third-order valence-electron chi connectivity index (χ3n) is 4.57. The highest BCUT2D eigenvalue weighted by Crippen LogP contribution is 2.13. The highest BCUT2D eigenvalue weighted by atomic mass is 16.5. The standard InChI is InChI=1S/C20H36N4O5/c1-11(2)13(24-19(28)29-10-20(5,6)7)8-21-15(12(3)4)17(26)23-14-9-22-18(27)16(14)25/h11-15,21H,8-10H2,1-7H3,(H,22,27)(H,23,26)(H,24,28). The summed E-state index contributed by atoms with van der Waals surface area (Å²) < 4.78 is 5.27. The van der Waals surface area contributed by atoms with Crippen LogP contribution in [0, 0.1) is 17.3 Å². The van der Waals surface area contributed by atoms with Crippen LogP contribution in [-0.4, -0.2) is 61.5 Å². The van der Waals surface area contributed by atoms with Gasteiger partial charge in [-0.15, -0.1) is 0 Å². The summed E-state index contributed by atoms with van der Waals surface area (Å²) in [6.45, 7) is 14.4. The van der Waals surface area contributed by atoms with E-state index in [9.17, 15) is 19.2 Å². The molecule has 3 amide bonds. The molecule has 1 saturated heterocycles. The summed E-state index contributed by atoms with van der Waals surface area (Å²) in [5, 5.41) is 11.1. The number of carbonyl (C=O) groups excluding carboxylic acids is 4. The van der Waals surface area contributed by atoms with E-state index >= 15 is 0 Å². The van der Waals surface area contributed by atoms with Crippen LogP contribution in [0.5, 0.6) is 0 Å². The number of carbonyl (C=O) groups is 4. The molecule has 0 aromatic carbocycles. The number of ether oxygens (including phenoxy) is 1. The van der Waals surface area contributed by atoms with Crippen LogP contribution in [0.15, 0.2) is 0 Å². The molecule has 9 heteroatoms. The van der Waals surface area contributed by atoms with Gasteiger partial charge in [0.2, 0.25) is 11.7 Å². The summed E-state index contributed by atoms with van der Waals surface area (Å²) >= 11 is 0. The molecule has 0 aromatic rings. The lowest BCUT2D eigenvalue weighted by Crippen LogP contribution is -2.55. The molecule has 1 heterocycles. The number of Topliss-reactive ketones (excluding diaryl/α,β-unsaturated/α-hetero) is 1. The SMILES string of the molecule is CC(C)C(CNC(C(=O)NC1CNC(=O)C1=O)C(C)C)NC(=O)OCC(C)(C)C. The molecule has 4 N–H and O–H groups in total. The van der Waals surface area contributed by atoms with E-state index in [2.05, 4.69) is 21.3 Å². The quantitative estimate of drug-likeness (QED) is 0.411. The molecule has 9 nitrogen and oxygen atoms in total. The second-order valence-corrected chi connectivity index (χ2v) is 9.40. The lowest BCUT2D eigenvalue weighted by Gasteiger charge is -2.28. The van der Waals surface area contributed by atoms with Crippen molar-refractivity contribution in [3.05, 3.63) is 0 Å². The molecule has 0 spiro atoms. The lowest BCUT2D eigenvalue weighted by molar-refractivity contribution is -0.136. The smallest absolute Gasteiger partial charge is 0.407 e. The summed E-state index contributed by atoms with van der Waals surface area (Å²) in [6.07, 6.45) is -0.493. The maximum Gasteiger partial charge on any atom is 0.407 e. The maximum atomic E-state index is 12.6. The van der Waals surface area contributed by atoms with E-state index in [0.29, 0.717) is 13.2 Å². The molecular weight excluding hydrogens is 376 g/mol. The Morgan fingerprint density at radius 1 is 1.14 bits per heavy atom. The summed E-state index contributed by atoms with van der Waals surface area (Å²) in [7, 11) is 0. The number of rotatable bonds is 9. The highest BCUT2D eigenvalue weighted by Gasteiger charge is 2.35. The number of hydrogen-bond donors (Lipinski definition) is 4. The van der Waals surface area contributed by atoms with Crippen LogP contribution in [-0.2, 0) is 19.1 Å². The van der Waals surface area contributed by atoms with Crippen LogP contribution < -0.4 is 21.3 Å². The molecule has 166 valence electrons. The minimum absolute atomic E-state index is 0.0594. The van der Waals surface area contributed by atoms with Gasteiger partial charge in [0, 0.05) is 19.1 Å². The van der Waals surface area contributed by atoms with Crippen LogP contribution in [0.1, 0.15) is 48.5 Å². The Balaban J connectivity index is 2.64.